The molecule has 1 N–H and O–H groups in total. The van der Waals surface area contributed by atoms with Crippen molar-refractivity contribution in [3.8, 4) is 0 Å². The minimum absolute atomic E-state index is 0.194. The van der Waals surface area contributed by atoms with Gasteiger partial charge in [-0.3, -0.25) is 13.8 Å². The molecular formula is C16H15N3O3S2. The summed E-state index contributed by atoms with van der Waals surface area (Å²) in [6.45, 7) is 0.196. The van der Waals surface area contributed by atoms with Gasteiger partial charge in [0.1, 0.15) is 10.5 Å². The SMILES string of the molecule is CN(Cc1nc2ccsc2c(=O)[nH]1)C(=O)c1ccc(S(C)=O)cc1. The first-order valence-corrected chi connectivity index (χ1v) is 9.55. The van der Waals surface area contributed by atoms with Gasteiger partial charge in [0.05, 0.1) is 12.1 Å². The molecule has 0 spiro atoms. The Morgan fingerprint density at radius 1 is 1.29 bits per heavy atom. The van der Waals surface area contributed by atoms with Crippen molar-refractivity contribution in [1.29, 1.82) is 0 Å². The fraction of sp³-hybridized carbons (Fsp3) is 0.188. The van der Waals surface area contributed by atoms with E-state index in [0.29, 0.717) is 26.5 Å². The van der Waals surface area contributed by atoms with Crippen LogP contribution in [-0.4, -0.2) is 38.3 Å². The highest BCUT2D eigenvalue weighted by Gasteiger charge is 2.14. The number of aromatic nitrogens is 2. The van der Waals surface area contributed by atoms with E-state index < -0.39 is 10.8 Å². The number of nitrogens with zero attached hydrogens (tertiary/aromatic N) is 2. The topological polar surface area (TPSA) is 83.1 Å². The highest BCUT2D eigenvalue weighted by Crippen LogP contribution is 2.15. The van der Waals surface area contributed by atoms with Crippen LogP contribution in [0.2, 0.25) is 0 Å². The molecule has 124 valence electrons. The third-order valence-electron chi connectivity index (χ3n) is 3.53. The molecule has 0 saturated heterocycles. The van der Waals surface area contributed by atoms with Crippen LogP contribution in [0, 0.1) is 0 Å². The summed E-state index contributed by atoms with van der Waals surface area (Å²) in [4.78, 5) is 33.7. The number of hydrogen-bond donors (Lipinski definition) is 1. The highest BCUT2D eigenvalue weighted by molar-refractivity contribution is 7.84. The Bertz CT molecular complexity index is 976. The molecule has 0 radical (unpaired) electrons. The van der Waals surface area contributed by atoms with Gasteiger partial charge in [0.15, 0.2) is 0 Å². The Balaban J connectivity index is 1.79. The van der Waals surface area contributed by atoms with Crippen molar-refractivity contribution in [3.63, 3.8) is 0 Å². The molecule has 6 nitrogen and oxygen atoms in total. The number of amides is 1. The van der Waals surface area contributed by atoms with Crippen LogP contribution in [-0.2, 0) is 17.3 Å². The Labute approximate surface area is 144 Å². The van der Waals surface area contributed by atoms with E-state index in [2.05, 4.69) is 9.97 Å². The Kier molecular flexibility index (Phi) is 4.59. The average molecular weight is 361 g/mol. The third-order valence-corrected chi connectivity index (χ3v) is 5.37. The number of rotatable bonds is 4. The zero-order valence-electron chi connectivity index (χ0n) is 13.1. The van der Waals surface area contributed by atoms with Crippen LogP contribution in [0.15, 0.2) is 45.4 Å². The lowest BCUT2D eigenvalue weighted by molar-refractivity contribution is 0.0781. The smallest absolute Gasteiger partial charge is 0.268 e. The van der Waals surface area contributed by atoms with Gasteiger partial charge in [-0.1, -0.05) is 0 Å². The summed E-state index contributed by atoms with van der Waals surface area (Å²) in [5.74, 6) is 0.240. The number of H-pyrrole nitrogens is 1. The van der Waals surface area contributed by atoms with Crippen LogP contribution >= 0.6 is 11.3 Å². The minimum atomic E-state index is -1.08. The predicted molar refractivity (Wildman–Crippen MR) is 94.8 cm³/mol. The lowest BCUT2D eigenvalue weighted by Gasteiger charge is -2.16. The van der Waals surface area contributed by atoms with Crippen LogP contribution in [0.25, 0.3) is 10.2 Å². The number of fused-ring (bicyclic) bond motifs is 1. The molecule has 0 fully saturated rings. The second kappa shape index (κ2) is 6.66. The average Bonchev–Trinajstić information content (AvgIpc) is 3.03. The number of hydrogen-bond acceptors (Lipinski definition) is 5. The van der Waals surface area contributed by atoms with Crippen LogP contribution in [0.4, 0.5) is 0 Å². The molecule has 1 amide bonds. The standard InChI is InChI=1S/C16H15N3O3S2/c1-19(16(21)10-3-5-11(6-4-10)24(2)22)9-13-17-12-7-8-23-14(12)15(20)18-13/h3-8H,9H2,1-2H3,(H,17,18,20). The van der Waals surface area contributed by atoms with Crippen molar-refractivity contribution in [2.45, 2.75) is 11.4 Å². The molecule has 1 aromatic carbocycles. The summed E-state index contributed by atoms with van der Waals surface area (Å²) in [5, 5.41) is 1.81. The van der Waals surface area contributed by atoms with Crippen molar-refractivity contribution in [2.75, 3.05) is 13.3 Å². The predicted octanol–water partition coefficient (Wildman–Crippen LogP) is 1.99. The van der Waals surface area contributed by atoms with E-state index in [1.807, 2.05) is 5.38 Å². The Morgan fingerprint density at radius 2 is 2.00 bits per heavy atom. The van der Waals surface area contributed by atoms with Crippen LogP contribution < -0.4 is 5.56 Å². The molecule has 3 rings (SSSR count). The molecule has 0 aliphatic heterocycles. The van der Waals surface area contributed by atoms with E-state index in [1.165, 1.54) is 16.2 Å². The zero-order valence-corrected chi connectivity index (χ0v) is 14.7. The fourth-order valence-electron chi connectivity index (χ4n) is 2.30. The van der Waals surface area contributed by atoms with E-state index >= 15 is 0 Å². The third kappa shape index (κ3) is 3.29. The van der Waals surface area contributed by atoms with E-state index in [1.54, 1.807) is 43.6 Å². The number of carbonyl (C=O) groups is 1. The van der Waals surface area contributed by atoms with Gasteiger partial charge in [-0.2, -0.15) is 0 Å². The van der Waals surface area contributed by atoms with Gasteiger partial charge in [-0.05, 0) is 35.7 Å². The van der Waals surface area contributed by atoms with E-state index in [-0.39, 0.29) is 18.0 Å². The number of carbonyl (C=O) groups excluding carboxylic acids is 1. The molecule has 3 aromatic rings. The van der Waals surface area contributed by atoms with Crippen molar-refractivity contribution in [1.82, 2.24) is 14.9 Å². The summed E-state index contributed by atoms with van der Waals surface area (Å²) in [6, 6.07) is 8.43. The maximum absolute atomic E-state index is 12.5. The maximum Gasteiger partial charge on any atom is 0.268 e. The maximum atomic E-state index is 12.5. The molecule has 8 heteroatoms. The highest BCUT2D eigenvalue weighted by atomic mass is 32.2. The fourth-order valence-corrected chi connectivity index (χ4v) is 3.55. The van der Waals surface area contributed by atoms with Crippen LogP contribution in [0.1, 0.15) is 16.2 Å². The Morgan fingerprint density at radius 3 is 2.67 bits per heavy atom. The van der Waals surface area contributed by atoms with E-state index in [0.717, 1.165) is 0 Å². The first-order valence-electron chi connectivity index (χ1n) is 7.11. The number of benzene rings is 1. The van der Waals surface area contributed by atoms with Gasteiger partial charge in [-0.25, -0.2) is 4.98 Å². The number of aromatic amines is 1. The van der Waals surface area contributed by atoms with Gasteiger partial charge in [-0.15, -0.1) is 11.3 Å². The van der Waals surface area contributed by atoms with Gasteiger partial charge < -0.3 is 9.88 Å². The summed E-state index contributed by atoms with van der Waals surface area (Å²) in [7, 11) is 0.566. The van der Waals surface area contributed by atoms with Crippen LogP contribution in [0.5, 0.6) is 0 Å². The number of thiophene rings is 1. The second-order valence-corrected chi connectivity index (χ2v) is 7.58. The quantitative estimate of drug-likeness (QED) is 0.770. The first kappa shape index (κ1) is 16.5. The summed E-state index contributed by atoms with van der Waals surface area (Å²) in [5.41, 5.74) is 0.931. The molecule has 2 aromatic heterocycles. The first-order chi connectivity index (χ1) is 11.5. The number of nitrogens with one attached hydrogen (secondary N) is 1. The monoisotopic (exact) mass is 361 g/mol. The minimum Gasteiger partial charge on any atom is -0.334 e. The van der Waals surface area contributed by atoms with Crippen molar-refractivity contribution >= 4 is 38.3 Å². The van der Waals surface area contributed by atoms with Gasteiger partial charge in [0.25, 0.3) is 11.5 Å². The largest absolute Gasteiger partial charge is 0.334 e. The zero-order chi connectivity index (χ0) is 17.3. The lowest BCUT2D eigenvalue weighted by atomic mass is 10.2. The normalized spacial score (nSPS) is 12.2. The Hall–Kier alpha value is -2.32. The van der Waals surface area contributed by atoms with Crippen LogP contribution in [0.3, 0.4) is 0 Å². The van der Waals surface area contributed by atoms with Crippen molar-refractivity contribution in [3.05, 3.63) is 57.5 Å². The van der Waals surface area contributed by atoms with Crippen molar-refractivity contribution < 1.29 is 9.00 Å². The summed E-state index contributed by atoms with van der Waals surface area (Å²) in [6.07, 6.45) is 1.59. The van der Waals surface area contributed by atoms with E-state index in [9.17, 15) is 13.8 Å². The molecule has 2 heterocycles. The molecular weight excluding hydrogens is 346 g/mol. The molecule has 0 aliphatic carbocycles. The molecule has 1 unspecified atom stereocenters. The van der Waals surface area contributed by atoms with E-state index in [4.69, 9.17) is 0 Å². The summed E-state index contributed by atoms with van der Waals surface area (Å²) < 4.78 is 12.0. The van der Waals surface area contributed by atoms with Gasteiger partial charge in [0, 0.05) is 34.6 Å². The molecule has 1 atom stereocenters. The van der Waals surface area contributed by atoms with Crippen molar-refractivity contribution in [2.24, 2.45) is 0 Å². The molecule has 24 heavy (non-hydrogen) atoms. The molecule has 0 bridgehead atoms. The lowest BCUT2D eigenvalue weighted by Crippen LogP contribution is -2.28. The van der Waals surface area contributed by atoms with Gasteiger partial charge in [0.2, 0.25) is 0 Å². The summed E-state index contributed by atoms with van der Waals surface area (Å²) >= 11 is 1.34. The second-order valence-electron chi connectivity index (χ2n) is 5.29. The molecule has 0 saturated carbocycles. The molecule has 0 aliphatic rings. The van der Waals surface area contributed by atoms with Gasteiger partial charge >= 0.3 is 0 Å².